The summed E-state index contributed by atoms with van der Waals surface area (Å²) in [5.74, 6) is 0.477. The minimum atomic E-state index is -4.39. The van der Waals surface area contributed by atoms with E-state index in [1.165, 1.54) is 24.9 Å². The first kappa shape index (κ1) is 13.4. The van der Waals surface area contributed by atoms with Crippen LogP contribution in [0.2, 0.25) is 0 Å². The number of hydrogen-bond donors (Lipinski definition) is 0. The van der Waals surface area contributed by atoms with Crippen molar-refractivity contribution < 1.29 is 17.6 Å². The molecule has 6 heteroatoms. The summed E-state index contributed by atoms with van der Waals surface area (Å²) in [6.45, 7) is 0. The van der Waals surface area contributed by atoms with Gasteiger partial charge in [0, 0.05) is 11.8 Å². The standard InChI is InChI=1S/C15H9F3N2O/c16-15(17,18)11-4-1-3-10(7-11)12-8-19-9-20-14(12)13-5-2-6-21-13/h1-9H. The van der Waals surface area contributed by atoms with Gasteiger partial charge in [-0.2, -0.15) is 13.2 Å². The van der Waals surface area contributed by atoms with Gasteiger partial charge in [0.15, 0.2) is 5.76 Å². The fourth-order valence-electron chi connectivity index (χ4n) is 2.01. The fraction of sp³-hybridized carbons (Fsp3) is 0.0667. The highest BCUT2D eigenvalue weighted by molar-refractivity contribution is 5.78. The maximum Gasteiger partial charge on any atom is 0.416 e. The number of halogens is 3. The number of benzene rings is 1. The molecule has 106 valence electrons. The quantitative estimate of drug-likeness (QED) is 0.701. The number of hydrogen-bond acceptors (Lipinski definition) is 3. The van der Waals surface area contributed by atoms with Gasteiger partial charge in [0.05, 0.1) is 11.8 Å². The van der Waals surface area contributed by atoms with Crippen LogP contribution in [0.1, 0.15) is 5.56 Å². The minimum Gasteiger partial charge on any atom is -0.463 e. The van der Waals surface area contributed by atoms with E-state index in [1.54, 1.807) is 18.2 Å². The largest absolute Gasteiger partial charge is 0.463 e. The van der Waals surface area contributed by atoms with Crippen LogP contribution in [0.4, 0.5) is 13.2 Å². The second-order valence-corrected chi connectivity index (χ2v) is 4.34. The Morgan fingerprint density at radius 3 is 2.62 bits per heavy atom. The normalized spacial score (nSPS) is 11.6. The van der Waals surface area contributed by atoms with Crippen molar-refractivity contribution in [3.05, 3.63) is 60.7 Å². The number of furan rings is 1. The van der Waals surface area contributed by atoms with Gasteiger partial charge in [0.2, 0.25) is 0 Å². The van der Waals surface area contributed by atoms with Crippen LogP contribution in [0.5, 0.6) is 0 Å². The molecule has 2 heterocycles. The van der Waals surface area contributed by atoms with Crippen molar-refractivity contribution in [2.45, 2.75) is 6.18 Å². The Labute approximate surface area is 118 Å². The number of nitrogens with zero attached hydrogens (tertiary/aromatic N) is 2. The van der Waals surface area contributed by atoms with Crippen molar-refractivity contribution >= 4 is 0 Å². The lowest BCUT2D eigenvalue weighted by molar-refractivity contribution is -0.137. The molecule has 0 spiro atoms. The number of rotatable bonds is 2. The van der Waals surface area contributed by atoms with E-state index < -0.39 is 11.7 Å². The van der Waals surface area contributed by atoms with Gasteiger partial charge in [0.25, 0.3) is 0 Å². The third-order valence-corrected chi connectivity index (χ3v) is 2.97. The zero-order valence-corrected chi connectivity index (χ0v) is 10.6. The zero-order chi connectivity index (χ0) is 14.9. The molecule has 0 atom stereocenters. The van der Waals surface area contributed by atoms with Crippen LogP contribution in [0.25, 0.3) is 22.6 Å². The molecular formula is C15H9F3N2O. The molecule has 3 rings (SSSR count). The average molecular weight is 290 g/mol. The third-order valence-electron chi connectivity index (χ3n) is 2.97. The monoisotopic (exact) mass is 290 g/mol. The van der Waals surface area contributed by atoms with Gasteiger partial charge in [-0.25, -0.2) is 9.97 Å². The molecule has 0 fully saturated rings. The smallest absolute Gasteiger partial charge is 0.416 e. The van der Waals surface area contributed by atoms with Gasteiger partial charge >= 0.3 is 6.18 Å². The van der Waals surface area contributed by atoms with Gasteiger partial charge in [-0.15, -0.1) is 0 Å². The molecule has 2 aromatic heterocycles. The van der Waals surface area contributed by atoms with Crippen LogP contribution in [-0.2, 0) is 6.18 Å². The molecule has 0 saturated carbocycles. The van der Waals surface area contributed by atoms with Crippen molar-refractivity contribution in [2.24, 2.45) is 0 Å². The second kappa shape index (κ2) is 5.05. The molecule has 0 saturated heterocycles. The van der Waals surface area contributed by atoms with Crippen molar-refractivity contribution in [3.63, 3.8) is 0 Å². The van der Waals surface area contributed by atoms with Gasteiger partial charge in [-0.3, -0.25) is 0 Å². The molecule has 0 aliphatic heterocycles. The Morgan fingerprint density at radius 1 is 1.05 bits per heavy atom. The lowest BCUT2D eigenvalue weighted by Gasteiger charge is -2.10. The third kappa shape index (κ3) is 2.65. The Hall–Kier alpha value is -2.63. The average Bonchev–Trinajstić information content (AvgIpc) is 3.01. The predicted octanol–water partition coefficient (Wildman–Crippen LogP) is 4.42. The summed E-state index contributed by atoms with van der Waals surface area (Å²) in [7, 11) is 0. The summed E-state index contributed by atoms with van der Waals surface area (Å²) < 4.78 is 43.7. The van der Waals surface area contributed by atoms with E-state index in [4.69, 9.17) is 4.42 Å². The topological polar surface area (TPSA) is 38.9 Å². The lowest BCUT2D eigenvalue weighted by Crippen LogP contribution is -2.04. The lowest BCUT2D eigenvalue weighted by atomic mass is 10.0. The highest BCUT2D eigenvalue weighted by Gasteiger charge is 2.30. The molecule has 1 aromatic carbocycles. The Kier molecular flexibility index (Phi) is 3.21. The van der Waals surface area contributed by atoms with E-state index >= 15 is 0 Å². The van der Waals surface area contributed by atoms with Crippen LogP contribution < -0.4 is 0 Å². The van der Waals surface area contributed by atoms with E-state index in [-0.39, 0.29) is 0 Å². The van der Waals surface area contributed by atoms with E-state index in [9.17, 15) is 13.2 Å². The van der Waals surface area contributed by atoms with Crippen LogP contribution in [-0.4, -0.2) is 9.97 Å². The summed E-state index contributed by atoms with van der Waals surface area (Å²) in [5.41, 5.74) is 0.610. The van der Waals surface area contributed by atoms with E-state index in [0.29, 0.717) is 22.6 Å². The number of alkyl halides is 3. The van der Waals surface area contributed by atoms with E-state index in [1.807, 2.05) is 0 Å². The van der Waals surface area contributed by atoms with Crippen molar-refractivity contribution in [1.29, 1.82) is 0 Å². The second-order valence-electron chi connectivity index (χ2n) is 4.34. The highest BCUT2D eigenvalue weighted by Crippen LogP contribution is 2.34. The molecule has 0 aliphatic carbocycles. The molecule has 0 radical (unpaired) electrons. The molecule has 0 aliphatic rings. The molecule has 0 bridgehead atoms. The van der Waals surface area contributed by atoms with Crippen LogP contribution >= 0.6 is 0 Å². The van der Waals surface area contributed by atoms with E-state index in [0.717, 1.165) is 12.1 Å². The SMILES string of the molecule is FC(F)(F)c1cccc(-c2cncnc2-c2ccco2)c1. The van der Waals surface area contributed by atoms with Crippen LogP contribution in [0, 0.1) is 0 Å². The predicted molar refractivity (Wildman–Crippen MR) is 70.2 cm³/mol. The summed E-state index contributed by atoms with van der Waals surface area (Å²) in [6, 6.07) is 8.43. The molecule has 0 N–H and O–H groups in total. The Bertz CT molecular complexity index is 752. The van der Waals surface area contributed by atoms with Gasteiger partial charge in [-0.1, -0.05) is 12.1 Å². The molecule has 0 amide bonds. The maximum absolute atomic E-state index is 12.8. The zero-order valence-electron chi connectivity index (χ0n) is 10.6. The number of aromatic nitrogens is 2. The molecule has 3 nitrogen and oxygen atoms in total. The summed E-state index contributed by atoms with van der Waals surface area (Å²) >= 11 is 0. The Balaban J connectivity index is 2.14. The van der Waals surface area contributed by atoms with Gasteiger partial charge < -0.3 is 4.42 Å². The minimum absolute atomic E-state index is 0.386. The van der Waals surface area contributed by atoms with Gasteiger partial charge in [0.1, 0.15) is 12.0 Å². The van der Waals surface area contributed by atoms with Crippen molar-refractivity contribution in [1.82, 2.24) is 9.97 Å². The molecule has 0 unspecified atom stereocenters. The summed E-state index contributed by atoms with van der Waals surface area (Å²) in [4.78, 5) is 7.99. The first-order valence-electron chi connectivity index (χ1n) is 6.07. The van der Waals surface area contributed by atoms with Gasteiger partial charge in [-0.05, 0) is 29.8 Å². The van der Waals surface area contributed by atoms with Crippen molar-refractivity contribution in [2.75, 3.05) is 0 Å². The molecule has 3 aromatic rings. The van der Waals surface area contributed by atoms with Crippen LogP contribution in [0.15, 0.2) is 59.6 Å². The van der Waals surface area contributed by atoms with Crippen molar-refractivity contribution in [3.8, 4) is 22.6 Å². The summed E-state index contributed by atoms with van der Waals surface area (Å²) in [5, 5.41) is 0. The maximum atomic E-state index is 12.8. The first-order chi connectivity index (χ1) is 10.1. The summed E-state index contributed by atoms with van der Waals surface area (Å²) in [6.07, 6.45) is -0.112. The first-order valence-corrected chi connectivity index (χ1v) is 6.07. The highest BCUT2D eigenvalue weighted by atomic mass is 19.4. The van der Waals surface area contributed by atoms with E-state index in [2.05, 4.69) is 9.97 Å². The fourth-order valence-corrected chi connectivity index (χ4v) is 2.01. The van der Waals surface area contributed by atoms with Crippen LogP contribution in [0.3, 0.4) is 0 Å². The molecular weight excluding hydrogens is 281 g/mol. The molecule has 21 heavy (non-hydrogen) atoms. The Morgan fingerprint density at radius 2 is 1.90 bits per heavy atom.